The Bertz CT molecular complexity index is 1450. The molecular formula is C30H28F7NO3S. The number of alkyl halides is 6. The zero-order valence-corrected chi connectivity index (χ0v) is 24.1. The molecular weight excluding hydrogens is 587 g/mol. The smallest absolute Gasteiger partial charge is 0.416 e. The molecule has 1 saturated heterocycles. The first-order valence-electron chi connectivity index (χ1n) is 12.9. The Kier molecular flexibility index (Phi) is 8.78. The fourth-order valence-corrected chi connectivity index (χ4v) is 5.43. The summed E-state index contributed by atoms with van der Waals surface area (Å²) in [6.45, 7) is 5.10. The molecule has 0 spiro atoms. The van der Waals surface area contributed by atoms with Gasteiger partial charge in [-0.1, -0.05) is 19.9 Å². The largest absolute Gasteiger partial charge is 0.496 e. The fourth-order valence-electron chi connectivity index (χ4n) is 4.97. The molecule has 1 fully saturated rings. The first-order chi connectivity index (χ1) is 19.5. The average molecular weight is 616 g/mol. The van der Waals surface area contributed by atoms with Gasteiger partial charge in [0.1, 0.15) is 17.7 Å². The molecule has 0 aromatic heterocycles. The van der Waals surface area contributed by atoms with Gasteiger partial charge in [-0.25, -0.2) is 9.18 Å². The molecule has 226 valence electrons. The van der Waals surface area contributed by atoms with Gasteiger partial charge < -0.3 is 9.47 Å². The number of carbonyl (C=O) groups is 1. The Labute approximate surface area is 242 Å². The van der Waals surface area contributed by atoms with Gasteiger partial charge in [0.2, 0.25) is 0 Å². The summed E-state index contributed by atoms with van der Waals surface area (Å²) in [7, 11) is 1.40. The predicted molar refractivity (Wildman–Crippen MR) is 145 cm³/mol. The number of halogens is 7. The van der Waals surface area contributed by atoms with Gasteiger partial charge in [0.05, 0.1) is 30.8 Å². The topological polar surface area (TPSA) is 38.8 Å². The summed E-state index contributed by atoms with van der Waals surface area (Å²) >= 11 is 1.43. The van der Waals surface area contributed by atoms with Crippen molar-refractivity contribution in [2.24, 2.45) is 0 Å². The second-order valence-corrected chi connectivity index (χ2v) is 11.1. The lowest BCUT2D eigenvalue weighted by Gasteiger charge is -2.24. The van der Waals surface area contributed by atoms with Crippen molar-refractivity contribution < 1.29 is 45.0 Å². The number of hydrogen-bond donors (Lipinski definition) is 0. The van der Waals surface area contributed by atoms with Crippen LogP contribution in [-0.4, -0.2) is 30.4 Å². The molecule has 0 radical (unpaired) electrons. The maximum absolute atomic E-state index is 14.7. The van der Waals surface area contributed by atoms with Crippen molar-refractivity contribution in [1.29, 1.82) is 0 Å². The van der Waals surface area contributed by atoms with Gasteiger partial charge in [-0.15, -0.1) is 11.8 Å². The predicted octanol–water partition coefficient (Wildman–Crippen LogP) is 9.47. The van der Waals surface area contributed by atoms with E-state index in [1.165, 1.54) is 36.8 Å². The van der Waals surface area contributed by atoms with Crippen LogP contribution in [0, 0.1) is 5.82 Å². The molecule has 4 rings (SSSR count). The first-order valence-corrected chi connectivity index (χ1v) is 14.1. The van der Waals surface area contributed by atoms with Crippen LogP contribution in [0.2, 0.25) is 0 Å². The third kappa shape index (κ3) is 6.33. The minimum Gasteiger partial charge on any atom is -0.496 e. The van der Waals surface area contributed by atoms with E-state index in [4.69, 9.17) is 9.47 Å². The highest BCUT2D eigenvalue weighted by atomic mass is 32.2. The number of methoxy groups -OCH3 is 1. The molecule has 0 bridgehead atoms. The van der Waals surface area contributed by atoms with Crippen molar-refractivity contribution in [1.82, 2.24) is 4.90 Å². The van der Waals surface area contributed by atoms with Crippen LogP contribution in [0.4, 0.5) is 35.5 Å². The van der Waals surface area contributed by atoms with Crippen molar-refractivity contribution in [3.05, 3.63) is 82.2 Å². The van der Waals surface area contributed by atoms with Gasteiger partial charge in [-0.05, 0) is 77.7 Å². The number of nitrogens with zero attached hydrogens (tertiary/aromatic N) is 1. The average Bonchev–Trinajstić information content (AvgIpc) is 3.20. The molecule has 0 saturated carbocycles. The molecule has 0 aliphatic carbocycles. The van der Waals surface area contributed by atoms with Gasteiger partial charge in [-0.2, -0.15) is 26.3 Å². The van der Waals surface area contributed by atoms with Gasteiger partial charge in [-0.3, -0.25) is 4.90 Å². The van der Waals surface area contributed by atoms with E-state index in [-0.39, 0.29) is 24.3 Å². The molecule has 3 aromatic rings. The lowest BCUT2D eigenvalue weighted by atomic mass is 9.93. The van der Waals surface area contributed by atoms with E-state index >= 15 is 0 Å². The van der Waals surface area contributed by atoms with Gasteiger partial charge >= 0.3 is 18.4 Å². The number of hydrogen-bond acceptors (Lipinski definition) is 4. The molecule has 1 aliphatic heterocycles. The maximum atomic E-state index is 14.7. The van der Waals surface area contributed by atoms with Crippen molar-refractivity contribution in [3.8, 4) is 16.9 Å². The lowest BCUT2D eigenvalue weighted by Crippen LogP contribution is -2.31. The van der Waals surface area contributed by atoms with Crippen LogP contribution in [0.15, 0.2) is 53.4 Å². The molecule has 4 nitrogen and oxygen atoms in total. The van der Waals surface area contributed by atoms with E-state index < -0.39 is 53.1 Å². The van der Waals surface area contributed by atoms with E-state index in [9.17, 15) is 35.5 Å². The quantitative estimate of drug-likeness (QED) is 0.196. The minimum atomic E-state index is -5.04. The Hall–Kier alpha value is -3.41. The van der Waals surface area contributed by atoms with E-state index in [2.05, 4.69) is 0 Å². The van der Waals surface area contributed by atoms with Crippen LogP contribution in [0.3, 0.4) is 0 Å². The molecule has 1 aliphatic rings. The van der Waals surface area contributed by atoms with Crippen molar-refractivity contribution in [3.63, 3.8) is 0 Å². The highest BCUT2D eigenvalue weighted by Crippen LogP contribution is 2.43. The normalized spacial score (nSPS) is 17.6. The number of carbonyl (C=O) groups excluding carboxylic acids is 1. The second-order valence-electron chi connectivity index (χ2n) is 10.3. The standard InChI is InChI=1S/C30H28F7NO3S/c1-15(2)23-12-24(26(40-4)13-25(23)31)22-7-6-21(42-5)10-18(22)14-38-16(3)27(41-28(38)39)17-8-19(29(32,33)34)11-20(9-17)30(35,36)37/h6-13,15-16,27H,14H2,1-5H3/t16-,27-/m0/s1. The van der Waals surface area contributed by atoms with Crippen LogP contribution in [0.25, 0.3) is 11.1 Å². The number of ether oxygens (including phenoxy) is 2. The highest BCUT2D eigenvalue weighted by Gasteiger charge is 2.43. The summed E-state index contributed by atoms with van der Waals surface area (Å²) in [5.41, 5.74) is -1.17. The molecule has 1 amide bonds. The van der Waals surface area contributed by atoms with Crippen molar-refractivity contribution in [2.75, 3.05) is 13.4 Å². The van der Waals surface area contributed by atoms with Crippen LogP contribution >= 0.6 is 11.8 Å². The summed E-state index contributed by atoms with van der Waals surface area (Å²) in [6, 6.07) is 8.67. The zero-order valence-electron chi connectivity index (χ0n) is 23.3. The molecule has 0 N–H and O–H groups in total. The summed E-state index contributed by atoms with van der Waals surface area (Å²) in [5, 5.41) is 0. The SMILES string of the molecule is COc1cc(F)c(C(C)C)cc1-c1ccc(SC)cc1CN1C(=O)O[C@H](c2cc(C(F)(F)F)cc(C(F)(F)F)c2)[C@@H]1C. The Morgan fingerprint density at radius 1 is 0.952 bits per heavy atom. The Morgan fingerprint density at radius 3 is 2.10 bits per heavy atom. The fraction of sp³-hybridized carbons (Fsp3) is 0.367. The number of benzene rings is 3. The zero-order chi connectivity index (χ0) is 31.1. The van der Waals surface area contributed by atoms with Gasteiger partial charge in [0.15, 0.2) is 0 Å². The number of rotatable bonds is 7. The third-order valence-electron chi connectivity index (χ3n) is 7.21. The molecule has 0 unspecified atom stereocenters. The van der Waals surface area contributed by atoms with Crippen LogP contribution < -0.4 is 4.74 Å². The molecule has 12 heteroatoms. The first kappa shape index (κ1) is 31.5. The Morgan fingerprint density at radius 2 is 1.57 bits per heavy atom. The summed E-state index contributed by atoms with van der Waals surface area (Å²) < 4.78 is 106. The molecule has 1 heterocycles. The van der Waals surface area contributed by atoms with E-state index in [1.54, 1.807) is 12.1 Å². The van der Waals surface area contributed by atoms with Gasteiger partial charge in [0, 0.05) is 16.5 Å². The van der Waals surface area contributed by atoms with Crippen LogP contribution in [-0.2, 0) is 23.6 Å². The maximum Gasteiger partial charge on any atom is 0.416 e. The van der Waals surface area contributed by atoms with E-state index in [1.807, 2.05) is 32.2 Å². The van der Waals surface area contributed by atoms with Crippen molar-refractivity contribution in [2.45, 2.75) is 62.6 Å². The summed E-state index contributed by atoms with van der Waals surface area (Å²) in [4.78, 5) is 15.1. The Balaban J connectivity index is 1.77. The number of thioether (sulfide) groups is 1. The summed E-state index contributed by atoms with van der Waals surface area (Å²) in [5.74, 6) is -0.327. The van der Waals surface area contributed by atoms with E-state index in [0.29, 0.717) is 34.4 Å². The number of cyclic esters (lactones) is 1. The van der Waals surface area contributed by atoms with Crippen LogP contribution in [0.1, 0.15) is 60.6 Å². The molecule has 2 atom stereocenters. The third-order valence-corrected chi connectivity index (χ3v) is 7.94. The molecule has 3 aromatic carbocycles. The number of amides is 1. The van der Waals surface area contributed by atoms with E-state index in [0.717, 1.165) is 4.90 Å². The highest BCUT2D eigenvalue weighted by molar-refractivity contribution is 7.98. The minimum absolute atomic E-state index is 0.0321. The second kappa shape index (κ2) is 11.7. The van der Waals surface area contributed by atoms with Crippen molar-refractivity contribution >= 4 is 17.9 Å². The lowest BCUT2D eigenvalue weighted by molar-refractivity contribution is -0.143. The monoisotopic (exact) mass is 615 g/mol. The summed E-state index contributed by atoms with van der Waals surface area (Å²) in [6.07, 6.45) is -10.5. The molecule has 42 heavy (non-hydrogen) atoms. The van der Waals surface area contributed by atoms with Crippen LogP contribution in [0.5, 0.6) is 5.75 Å². The van der Waals surface area contributed by atoms with Gasteiger partial charge in [0.25, 0.3) is 0 Å².